The number of thioether (sulfide) groups is 1. The smallest absolute Gasteiger partial charge is 0.179 e. The van der Waals surface area contributed by atoms with Gasteiger partial charge in [0.15, 0.2) is 11.5 Å². The van der Waals surface area contributed by atoms with Gasteiger partial charge in [-0.15, -0.1) is 0 Å². The fourth-order valence-corrected chi connectivity index (χ4v) is 2.71. The summed E-state index contributed by atoms with van der Waals surface area (Å²) in [4.78, 5) is 0. The number of ether oxygens (including phenoxy) is 2. The van der Waals surface area contributed by atoms with Crippen molar-refractivity contribution in [2.45, 2.75) is 26.4 Å². The molecule has 0 bridgehead atoms. The normalized spacial score (nSPS) is 12.3. The summed E-state index contributed by atoms with van der Waals surface area (Å²) >= 11 is 8.26. The lowest BCUT2D eigenvalue weighted by atomic mass is 10.2. The van der Waals surface area contributed by atoms with E-state index in [1.807, 2.05) is 23.9 Å². The lowest BCUT2D eigenvalue weighted by Crippen LogP contribution is -2.27. The number of benzene rings is 1. The Kier molecular flexibility index (Phi) is 7.42. The standard InChI is InChI=1S/C14H22ClNO2S/c1-5-19-9-10(2)16-8-11-6-7-12(17-3)14(18-4)13(11)15/h6-7,10,16H,5,8-9H2,1-4H3. The zero-order chi connectivity index (χ0) is 14.3. The topological polar surface area (TPSA) is 30.5 Å². The van der Waals surface area contributed by atoms with Gasteiger partial charge in [0.2, 0.25) is 0 Å². The Morgan fingerprint density at radius 3 is 2.63 bits per heavy atom. The minimum Gasteiger partial charge on any atom is -0.493 e. The lowest BCUT2D eigenvalue weighted by molar-refractivity contribution is 0.354. The van der Waals surface area contributed by atoms with Crippen LogP contribution in [-0.4, -0.2) is 31.8 Å². The molecule has 0 amide bonds. The highest BCUT2D eigenvalue weighted by Crippen LogP contribution is 2.37. The summed E-state index contributed by atoms with van der Waals surface area (Å²) in [5.41, 5.74) is 1.02. The molecule has 1 aromatic rings. The Hall–Kier alpha value is -0.580. The summed E-state index contributed by atoms with van der Waals surface area (Å²) in [6.07, 6.45) is 0. The molecule has 1 unspecified atom stereocenters. The van der Waals surface area contributed by atoms with Crippen LogP contribution in [0.5, 0.6) is 11.5 Å². The molecule has 0 aliphatic rings. The molecule has 0 radical (unpaired) electrons. The van der Waals surface area contributed by atoms with E-state index in [1.165, 1.54) is 0 Å². The van der Waals surface area contributed by atoms with Gasteiger partial charge in [-0.3, -0.25) is 0 Å². The van der Waals surface area contributed by atoms with Crippen LogP contribution >= 0.6 is 23.4 Å². The summed E-state index contributed by atoms with van der Waals surface area (Å²) in [5, 5.41) is 4.08. The first-order valence-electron chi connectivity index (χ1n) is 6.34. The molecule has 0 aliphatic carbocycles. The van der Waals surface area contributed by atoms with Gasteiger partial charge in [0.05, 0.1) is 19.2 Å². The maximum atomic E-state index is 6.33. The summed E-state index contributed by atoms with van der Waals surface area (Å²) in [6, 6.07) is 4.30. The summed E-state index contributed by atoms with van der Waals surface area (Å²) in [7, 11) is 3.21. The molecule has 1 aromatic carbocycles. The highest BCUT2D eigenvalue weighted by atomic mass is 35.5. The van der Waals surface area contributed by atoms with Crippen molar-refractivity contribution >= 4 is 23.4 Å². The van der Waals surface area contributed by atoms with Crippen LogP contribution in [0.2, 0.25) is 5.02 Å². The molecule has 0 heterocycles. The van der Waals surface area contributed by atoms with E-state index in [-0.39, 0.29) is 0 Å². The first-order valence-corrected chi connectivity index (χ1v) is 7.87. The van der Waals surface area contributed by atoms with Crippen molar-refractivity contribution in [3.8, 4) is 11.5 Å². The second-order valence-electron chi connectivity index (χ2n) is 4.22. The molecular weight excluding hydrogens is 282 g/mol. The fraction of sp³-hybridized carbons (Fsp3) is 0.571. The van der Waals surface area contributed by atoms with E-state index < -0.39 is 0 Å². The molecule has 0 spiro atoms. The van der Waals surface area contributed by atoms with E-state index in [1.54, 1.807) is 14.2 Å². The van der Waals surface area contributed by atoms with Gasteiger partial charge in [-0.2, -0.15) is 11.8 Å². The van der Waals surface area contributed by atoms with Crippen LogP contribution in [0.1, 0.15) is 19.4 Å². The third-order valence-corrected chi connectivity index (χ3v) is 4.34. The second kappa shape index (κ2) is 8.56. The zero-order valence-corrected chi connectivity index (χ0v) is 13.5. The van der Waals surface area contributed by atoms with Crippen molar-refractivity contribution < 1.29 is 9.47 Å². The Morgan fingerprint density at radius 1 is 1.32 bits per heavy atom. The van der Waals surface area contributed by atoms with Crippen molar-refractivity contribution in [2.24, 2.45) is 0 Å². The number of hydrogen-bond donors (Lipinski definition) is 1. The Labute approximate surface area is 125 Å². The largest absolute Gasteiger partial charge is 0.493 e. The number of halogens is 1. The average molecular weight is 304 g/mol. The maximum absolute atomic E-state index is 6.33. The maximum Gasteiger partial charge on any atom is 0.179 e. The first kappa shape index (κ1) is 16.5. The van der Waals surface area contributed by atoms with Crippen molar-refractivity contribution in [1.82, 2.24) is 5.32 Å². The van der Waals surface area contributed by atoms with Gasteiger partial charge in [0.1, 0.15) is 0 Å². The number of nitrogens with one attached hydrogen (secondary N) is 1. The van der Waals surface area contributed by atoms with E-state index in [4.69, 9.17) is 21.1 Å². The Morgan fingerprint density at radius 2 is 2.05 bits per heavy atom. The van der Waals surface area contributed by atoms with E-state index in [0.29, 0.717) is 22.6 Å². The van der Waals surface area contributed by atoms with Crippen LogP contribution in [-0.2, 0) is 6.54 Å². The molecule has 1 N–H and O–H groups in total. The zero-order valence-electron chi connectivity index (χ0n) is 12.0. The summed E-state index contributed by atoms with van der Waals surface area (Å²) in [5.74, 6) is 3.50. The highest BCUT2D eigenvalue weighted by Gasteiger charge is 2.13. The van der Waals surface area contributed by atoms with Crippen molar-refractivity contribution in [3.05, 3.63) is 22.7 Å². The van der Waals surface area contributed by atoms with Crippen molar-refractivity contribution in [1.29, 1.82) is 0 Å². The van der Waals surface area contributed by atoms with Gasteiger partial charge in [0, 0.05) is 18.3 Å². The summed E-state index contributed by atoms with van der Waals surface area (Å²) in [6.45, 7) is 5.07. The molecule has 1 atom stereocenters. The molecule has 0 aromatic heterocycles. The second-order valence-corrected chi connectivity index (χ2v) is 5.91. The van der Waals surface area contributed by atoms with Gasteiger partial charge < -0.3 is 14.8 Å². The molecule has 1 rings (SSSR count). The van der Waals surface area contributed by atoms with Crippen LogP contribution in [0.15, 0.2) is 12.1 Å². The molecule has 108 valence electrons. The average Bonchev–Trinajstić information content (AvgIpc) is 2.43. The van der Waals surface area contributed by atoms with Crippen molar-refractivity contribution in [3.63, 3.8) is 0 Å². The molecule has 0 saturated heterocycles. The summed E-state index contributed by atoms with van der Waals surface area (Å²) < 4.78 is 10.5. The SMILES string of the molecule is CCSCC(C)NCc1ccc(OC)c(OC)c1Cl. The number of rotatable bonds is 8. The fourth-order valence-electron chi connectivity index (χ4n) is 1.70. The third kappa shape index (κ3) is 4.79. The number of methoxy groups -OCH3 is 2. The molecule has 19 heavy (non-hydrogen) atoms. The van der Waals surface area contributed by atoms with Crippen LogP contribution < -0.4 is 14.8 Å². The monoisotopic (exact) mass is 303 g/mol. The van der Waals surface area contributed by atoms with Crippen LogP contribution in [0.4, 0.5) is 0 Å². The molecular formula is C14H22ClNO2S. The van der Waals surface area contributed by atoms with Gasteiger partial charge in [-0.05, 0) is 24.3 Å². The highest BCUT2D eigenvalue weighted by molar-refractivity contribution is 7.99. The number of hydrogen-bond acceptors (Lipinski definition) is 4. The van der Waals surface area contributed by atoms with Gasteiger partial charge in [-0.25, -0.2) is 0 Å². The molecule has 0 fully saturated rings. The van der Waals surface area contributed by atoms with Crippen LogP contribution in [0, 0.1) is 0 Å². The van der Waals surface area contributed by atoms with E-state index in [2.05, 4.69) is 19.2 Å². The Balaban J connectivity index is 2.69. The minimum absolute atomic E-state index is 0.453. The van der Waals surface area contributed by atoms with Gasteiger partial charge in [-0.1, -0.05) is 24.6 Å². The van der Waals surface area contributed by atoms with E-state index >= 15 is 0 Å². The quantitative estimate of drug-likeness (QED) is 0.795. The molecule has 0 aliphatic heterocycles. The van der Waals surface area contributed by atoms with E-state index in [9.17, 15) is 0 Å². The minimum atomic E-state index is 0.453. The predicted octanol–water partition coefficient (Wildman–Crippen LogP) is 3.59. The molecule has 5 heteroatoms. The lowest BCUT2D eigenvalue weighted by Gasteiger charge is -2.16. The van der Waals surface area contributed by atoms with E-state index in [0.717, 1.165) is 23.6 Å². The molecule has 3 nitrogen and oxygen atoms in total. The van der Waals surface area contributed by atoms with Gasteiger partial charge in [0.25, 0.3) is 0 Å². The van der Waals surface area contributed by atoms with Gasteiger partial charge >= 0.3 is 0 Å². The van der Waals surface area contributed by atoms with Crippen LogP contribution in [0.3, 0.4) is 0 Å². The van der Waals surface area contributed by atoms with Crippen molar-refractivity contribution in [2.75, 3.05) is 25.7 Å². The third-order valence-electron chi connectivity index (χ3n) is 2.78. The predicted molar refractivity (Wildman–Crippen MR) is 83.9 cm³/mol. The molecule has 0 saturated carbocycles. The Bertz CT molecular complexity index is 401. The first-order chi connectivity index (χ1) is 9.13. The van der Waals surface area contributed by atoms with Crippen LogP contribution in [0.25, 0.3) is 0 Å².